The molecule has 1 fully saturated rings. The Kier molecular flexibility index (Phi) is 4.78. The maximum Gasteiger partial charge on any atom is 0.165 e. The van der Waals surface area contributed by atoms with Gasteiger partial charge in [0, 0.05) is 37.8 Å². The fraction of sp³-hybridized carbons (Fsp3) is 0.500. The third-order valence-electron chi connectivity index (χ3n) is 3.85. The van der Waals surface area contributed by atoms with E-state index in [0.717, 1.165) is 43.7 Å². The predicted molar refractivity (Wildman–Crippen MR) is 79.4 cm³/mol. The minimum Gasteiger partial charge on any atom is -0.505 e. The molecule has 0 spiro atoms. The highest BCUT2D eigenvalue weighted by Crippen LogP contribution is 2.37. The van der Waals surface area contributed by atoms with E-state index in [1.807, 2.05) is 13.8 Å². The number of nitrogens with one attached hydrogen (secondary N) is 1. The van der Waals surface area contributed by atoms with Crippen molar-refractivity contribution in [3.63, 3.8) is 0 Å². The summed E-state index contributed by atoms with van der Waals surface area (Å²) in [6, 6.07) is 3.05. The topological polar surface area (TPSA) is 35.5 Å². The highest BCUT2D eigenvalue weighted by molar-refractivity contribution is 5.42. The van der Waals surface area contributed by atoms with E-state index >= 15 is 0 Å². The van der Waals surface area contributed by atoms with E-state index in [1.54, 1.807) is 6.07 Å². The summed E-state index contributed by atoms with van der Waals surface area (Å²) in [5, 5.41) is 13.5. The van der Waals surface area contributed by atoms with Crippen LogP contribution in [0.3, 0.4) is 0 Å². The van der Waals surface area contributed by atoms with Crippen molar-refractivity contribution in [3.8, 4) is 5.75 Å². The molecule has 0 aromatic heterocycles. The van der Waals surface area contributed by atoms with Crippen molar-refractivity contribution in [2.75, 3.05) is 26.2 Å². The van der Waals surface area contributed by atoms with E-state index < -0.39 is 5.82 Å². The summed E-state index contributed by atoms with van der Waals surface area (Å²) in [7, 11) is 0. The van der Waals surface area contributed by atoms with Crippen molar-refractivity contribution in [3.05, 3.63) is 41.2 Å². The first-order valence-electron chi connectivity index (χ1n) is 7.08. The lowest BCUT2D eigenvalue weighted by molar-refractivity contribution is 0.168. The first kappa shape index (κ1) is 15.0. The largest absolute Gasteiger partial charge is 0.505 e. The molecule has 0 saturated carbocycles. The molecule has 1 aliphatic heterocycles. The summed E-state index contributed by atoms with van der Waals surface area (Å²) < 4.78 is 13.7. The summed E-state index contributed by atoms with van der Waals surface area (Å²) in [6.07, 6.45) is 0.734. The van der Waals surface area contributed by atoms with E-state index in [2.05, 4.69) is 16.8 Å². The predicted octanol–water partition coefficient (Wildman–Crippen LogP) is 2.75. The quantitative estimate of drug-likeness (QED) is 0.831. The average Bonchev–Trinajstić information content (AvgIpc) is 2.43. The summed E-state index contributed by atoms with van der Waals surface area (Å²) in [5.41, 5.74) is 2.67. The number of nitrogens with zero attached hydrogens (tertiary/aromatic N) is 1. The minimum absolute atomic E-state index is 0.00898. The number of halogens is 1. The van der Waals surface area contributed by atoms with Gasteiger partial charge in [0.1, 0.15) is 0 Å². The zero-order chi connectivity index (χ0) is 14.7. The van der Waals surface area contributed by atoms with Crippen LogP contribution in [0.1, 0.15) is 30.5 Å². The van der Waals surface area contributed by atoms with Gasteiger partial charge in [-0.1, -0.05) is 11.6 Å². The number of benzene rings is 1. The Labute approximate surface area is 120 Å². The number of aryl methyl sites for hydroxylation is 1. The van der Waals surface area contributed by atoms with Gasteiger partial charge in [-0.2, -0.15) is 0 Å². The zero-order valence-corrected chi connectivity index (χ0v) is 12.2. The third kappa shape index (κ3) is 3.19. The molecule has 0 unspecified atom stereocenters. The fourth-order valence-electron chi connectivity index (χ4n) is 2.84. The molecule has 0 aliphatic carbocycles. The molecule has 1 aliphatic rings. The highest BCUT2D eigenvalue weighted by atomic mass is 19.1. The molecule has 110 valence electrons. The monoisotopic (exact) mass is 278 g/mol. The van der Waals surface area contributed by atoms with Crippen LogP contribution in [-0.4, -0.2) is 36.2 Å². The number of phenols is 1. The van der Waals surface area contributed by atoms with Crippen LogP contribution in [0.5, 0.6) is 5.75 Å². The van der Waals surface area contributed by atoms with Crippen molar-refractivity contribution in [1.82, 2.24) is 10.2 Å². The van der Waals surface area contributed by atoms with Gasteiger partial charge < -0.3 is 10.4 Å². The lowest BCUT2D eigenvalue weighted by atomic mass is 9.93. The normalized spacial score (nSPS) is 17.9. The van der Waals surface area contributed by atoms with Gasteiger partial charge in [-0.3, -0.25) is 4.90 Å². The molecule has 1 atom stereocenters. The van der Waals surface area contributed by atoms with Crippen molar-refractivity contribution in [2.45, 2.75) is 26.3 Å². The zero-order valence-electron chi connectivity index (χ0n) is 12.2. The number of phenolic OH excluding ortho intramolecular Hbond substituents is 1. The van der Waals surface area contributed by atoms with Crippen LogP contribution in [0.15, 0.2) is 24.3 Å². The first-order chi connectivity index (χ1) is 9.50. The summed E-state index contributed by atoms with van der Waals surface area (Å²) in [5.74, 6) is -0.762. The van der Waals surface area contributed by atoms with Crippen LogP contribution in [0, 0.1) is 12.7 Å². The molecular weight excluding hydrogens is 255 g/mol. The molecule has 2 N–H and O–H groups in total. The maximum absolute atomic E-state index is 13.7. The number of rotatable bonds is 4. The molecule has 0 radical (unpaired) electrons. The Bertz CT molecular complexity index is 495. The van der Waals surface area contributed by atoms with E-state index in [9.17, 15) is 9.50 Å². The molecule has 0 bridgehead atoms. The fourth-order valence-corrected chi connectivity index (χ4v) is 2.84. The molecule has 1 saturated heterocycles. The van der Waals surface area contributed by atoms with Crippen LogP contribution in [0.25, 0.3) is 0 Å². The second kappa shape index (κ2) is 6.37. The second-order valence-corrected chi connectivity index (χ2v) is 5.59. The van der Waals surface area contributed by atoms with Gasteiger partial charge in [-0.25, -0.2) is 4.39 Å². The SMILES string of the molecule is C=C(C)C[C@@H](c1c(C)ccc(F)c1O)N1CCNCC1. The van der Waals surface area contributed by atoms with Gasteiger partial charge in [-0.05, 0) is 31.9 Å². The van der Waals surface area contributed by atoms with Crippen LogP contribution >= 0.6 is 0 Å². The second-order valence-electron chi connectivity index (χ2n) is 5.59. The summed E-state index contributed by atoms with van der Waals surface area (Å²) in [6.45, 7) is 11.5. The molecule has 3 nitrogen and oxygen atoms in total. The van der Waals surface area contributed by atoms with Gasteiger partial charge in [0.25, 0.3) is 0 Å². The van der Waals surface area contributed by atoms with Crippen molar-refractivity contribution >= 4 is 0 Å². The summed E-state index contributed by atoms with van der Waals surface area (Å²) >= 11 is 0. The Morgan fingerprint density at radius 1 is 1.45 bits per heavy atom. The Balaban J connectivity index is 2.40. The standard InChI is InChI=1S/C16H23FN2O/c1-11(2)10-14(19-8-6-18-7-9-19)15-12(3)4-5-13(17)16(15)20/h4-5,14,18,20H,1,6-10H2,2-3H3/t14-/m0/s1. The van der Waals surface area contributed by atoms with Crippen LogP contribution in [0.4, 0.5) is 4.39 Å². The van der Waals surface area contributed by atoms with E-state index in [1.165, 1.54) is 6.07 Å². The molecule has 20 heavy (non-hydrogen) atoms. The molecule has 2 rings (SSSR count). The van der Waals surface area contributed by atoms with Gasteiger partial charge in [0.15, 0.2) is 11.6 Å². The lowest BCUT2D eigenvalue weighted by Gasteiger charge is -2.36. The molecule has 1 aromatic rings. The van der Waals surface area contributed by atoms with Gasteiger partial charge in [-0.15, -0.1) is 6.58 Å². The minimum atomic E-state index is -0.549. The smallest absolute Gasteiger partial charge is 0.165 e. The molecule has 4 heteroatoms. The number of piperazine rings is 1. The van der Waals surface area contributed by atoms with E-state index in [-0.39, 0.29) is 11.8 Å². The van der Waals surface area contributed by atoms with Gasteiger partial charge in [0.05, 0.1) is 0 Å². The van der Waals surface area contributed by atoms with Crippen molar-refractivity contribution in [1.29, 1.82) is 0 Å². The lowest BCUT2D eigenvalue weighted by Crippen LogP contribution is -2.45. The Morgan fingerprint density at radius 2 is 2.10 bits per heavy atom. The van der Waals surface area contributed by atoms with Crippen molar-refractivity contribution in [2.24, 2.45) is 0 Å². The number of hydrogen-bond donors (Lipinski definition) is 2. The average molecular weight is 278 g/mol. The summed E-state index contributed by atoms with van der Waals surface area (Å²) in [4.78, 5) is 2.30. The van der Waals surface area contributed by atoms with Gasteiger partial charge >= 0.3 is 0 Å². The molecular formula is C16H23FN2O. The van der Waals surface area contributed by atoms with E-state index in [4.69, 9.17) is 0 Å². The maximum atomic E-state index is 13.7. The third-order valence-corrected chi connectivity index (χ3v) is 3.85. The van der Waals surface area contributed by atoms with Crippen LogP contribution in [-0.2, 0) is 0 Å². The van der Waals surface area contributed by atoms with Crippen molar-refractivity contribution < 1.29 is 9.50 Å². The van der Waals surface area contributed by atoms with Crippen LogP contribution in [0.2, 0.25) is 0 Å². The van der Waals surface area contributed by atoms with Gasteiger partial charge in [0.2, 0.25) is 0 Å². The Hall–Kier alpha value is -1.39. The van der Waals surface area contributed by atoms with E-state index in [0.29, 0.717) is 5.56 Å². The number of hydrogen-bond acceptors (Lipinski definition) is 3. The molecule has 1 aromatic carbocycles. The van der Waals surface area contributed by atoms with Crippen LogP contribution < -0.4 is 5.32 Å². The molecule has 1 heterocycles. The Morgan fingerprint density at radius 3 is 2.70 bits per heavy atom. The first-order valence-corrected chi connectivity index (χ1v) is 7.08. The highest BCUT2D eigenvalue weighted by Gasteiger charge is 2.27. The molecule has 0 amide bonds. The number of aromatic hydroxyl groups is 1.